The van der Waals surface area contributed by atoms with Crippen molar-refractivity contribution in [3.8, 4) is 6.07 Å². The summed E-state index contributed by atoms with van der Waals surface area (Å²) >= 11 is 0. The van der Waals surface area contributed by atoms with Crippen LogP contribution in [0.25, 0.3) is 0 Å². The maximum atomic E-state index is 8.42. The molecule has 10 heavy (non-hydrogen) atoms. The van der Waals surface area contributed by atoms with E-state index in [1.807, 2.05) is 6.08 Å². The maximum Gasteiger partial charge on any atom is 0.0666 e. The number of hydrogen-bond donors (Lipinski definition) is 0. The van der Waals surface area contributed by atoms with E-state index in [0.717, 1.165) is 6.42 Å². The first-order valence-electron chi connectivity index (χ1n) is 3.57. The van der Waals surface area contributed by atoms with Crippen LogP contribution in [0.2, 0.25) is 0 Å². The number of nitriles is 1. The van der Waals surface area contributed by atoms with Gasteiger partial charge in [0, 0.05) is 0 Å². The van der Waals surface area contributed by atoms with Gasteiger partial charge in [-0.3, -0.25) is 0 Å². The largest absolute Gasteiger partial charge is 0.198 e. The normalized spacial score (nSPS) is 23.6. The maximum absolute atomic E-state index is 8.42. The minimum atomic E-state index is 0.574. The van der Waals surface area contributed by atoms with E-state index in [9.17, 15) is 0 Å². The molecule has 52 valence electrons. The van der Waals surface area contributed by atoms with Gasteiger partial charge in [0.25, 0.3) is 0 Å². The Kier molecular flexibility index (Phi) is 2.28. The Morgan fingerprint density at radius 3 is 3.20 bits per heavy atom. The van der Waals surface area contributed by atoms with Crippen LogP contribution in [0.15, 0.2) is 23.8 Å². The highest BCUT2D eigenvalue weighted by Gasteiger charge is 2.07. The summed E-state index contributed by atoms with van der Waals surface area (Å²) in [6.07, 6.45) is 7.91. The summed E-state index contributed by atoms with van der Waals surface area (Å²) in [6, 6.07) is 2.17. The molecule has 0 saturated heterocycles. The third-order valence-electron chi connectivity index (χ3n) is 1.85. The lowest BCUT2D eigenvalue weighted by Gasteiger charge is -2.13. The fraction of sp³-hybridized carbons (Fsp3) is 0.444. The van der Waals surface area contributed by atoms with Crippen molar-refractivity contribution in [3.05, 3.63) is 23.8 Å². The van der Waals surface area contributed by atoms with Gasteiger partial charge in [-0.1, -0.05) is 30.7 Å². The van der Waals surface area contributed by atoms with E-state index < -0.39 is 0 Å². The van der Waals surface area contributed by atoms with Crippen LogP contribution in [-0.4, -0.2) is 0 Å². The van der Waals surface area contributed by atoms with Gasteiger partial charge in [-0.2, -0.15) is 5.26 Å². The van der Waals surface area contributed by atoms with Crippen LogP contribution in [0.5, 0.6) is 0 Å². The SMILES string of the molecule is CC1CC=CC=C1CC#N. The molecule has 0 aliphatic heterocycles. The topological polar surface area (TPSA) is 23.8 Å². The van der Waals surface area contributed by atoms with E-state index >= 15 is 0 Å². The highest BCUT2D eigenvalue weighted by atomic mass is 14.2. The van der Waals surface area contributed by atoms with E-state index in [0.29, 0.717) is 12.3 Å². The molecule has 0 fully saturated rings. The molecule has 1 atom stereocenters. The van der Waals surface area contributed by atoms with Crippen molar-refractivity contribution < 1.29 is 0 Å². The average Bonchev–Trinajstić information content (AvgIpc) is 1.94. The molecule has 1 nitrogen and oxygen atoms in total. The van der Waals surface area contributed by atoms with E-state index in [2.05, 4.69) is 25.1 Å². The lowest BCUT2D eigenvalue weighted by atomic mass is 9.92. The van der Waals surface area contributed by atoms with Crippen LogP contribution >= 0.6 is 0 Å². The second-order valence-electron chi connectivity index (χ2n) is 2.64. The molecule has 0 radical (unpaired) electrons. The van der Waals surface area contributed by atoms with Crippen molar-refractivity contribution in [3.63, 3.8) is 0 Å². The molecule has 0 aromatic heterocycles. The van der Waals surface area contributed by atoms with E-state index in [-0.39, 0.29) is 0 Å². The summed E-state index contributed by atoms with van der Waals surface area (Å²) in [5.74, 6) is 0.574. The van der Waals surface area contributed by atoms with Gasteiger partial charge < -0.3 is 0 Å². The number of rotatable bonds is 1. The van der Waals surface area contributed by atoms with Gasteiger partial charge in [0.15, 0.2) is 0 Å². The molecule has 1 aliphatic carbocycles. The lowest BCUT2D eigenvalue weighted by molar-refractivity contribution is 0.672. The summed E-state index contributed by atoms with van der Waals surface area (Å²) in [7, 11) is 0. The highest BCUT2D eigenvalue weighted by Crippen LogP contribution is 2.21. The van der Waals surface area contributed by atoms with Crippen LogP contribution in [0.4, 0.5) is 0 Å². The Labute approximate surface area is 61.7 Å². The van der Waals surface area contributed by atoms with Crippen LogP contribution in [0.3, 0.4) is 0 Å². The Hall–Kier alpha value is -1.03. The molecule has 0 aromatic carbocycles. The first kappa shape index (κ1) is 7.08. The summed E-state index contributed by atoms with van der Waals surface area (Å²) in [4.78, 5) is 0. The Bertz CT molecular complexity index is 205. The summed E-state index contributed by atoms with van der Waals surface area (Å²) in [5.41, 5.74) is 1.27. The van der Waals surface area contributed by atoms with Crippen LogP contribution in [-0.2, 0) is 0 Å². The van der Waals surface area contributed by atoms with Crippen molar-refractivity contribution in [2.24, 2.45) is 5.92 Å². The van der Waals surface area contributed by atoms with Gasteiger partial charge in [-0.05, 0) is 12.3 Å². The van der Waals surface area contributed by atoms with Gasteiger partial charge in [0.1, 0.15) is 0 Å². The fourth-order valence-electron chi connectivity index (χ4n) is 1.11. The molecule has 1 unspecified atom stereocenters. The summed E-state index contributed by atoms with van der Waals surface area (Å²) < 4.78 is 0. The lowest BCUT2D eigenvalue weighted by Crippen LogP contribution is -1.99. The van der Waals surface area contributed by atoms with Gasteiger partial charge >= 0.3 is 0 Å². The van der Waals surface area contributed by atoms with Crippen LogP contribution in [0, 0.1) is 17.2 Å². The molecular weight excluding hydrogens is 122 g/mol. The standard InChI is InChI=1S/C9H11N/c1-8-4-2-3-5-9(8)6-7-10/h2-3,5,8H,4,6H2,1H3. The van der Waals surface area contributed by atoms with E-state index in [1.54, 1.807) is 0 Å². The zero-order chi connectivity index (χ0) is 7.40. The van der Waals surface area contributed by atoms with Crippen LogP contribution in [0.1, 0.15) is 19.8 Å². The third-order valence-corrected chi connectivity index (χ3v) is 1.85. The van der Waals surface area contributed by atoms with E-state index in [4.69, 9.17) is 5.26 Å². The van der Waals surface area contributed by atoms with Crippen molar-refractivity contribution in [2.75, 3.05) is 0 Å². The zero-order valence-electron chi connectivity index (χ0n) is 6.17. The predicted octanol–water partition coefficient (Wildman–Crippen LogP) is 2.42. The molecule has 1 heteroatoms. The Morgan fingerprint density at radius 2 is 2.60 bits per heavy atom. The van der Waals surface area contributed by atoms with Gasteiger partial charge in [0.05, 0.1) is 12.5 Å². The second kappa shape index (κ2) is 3.22. The minimum absolute atomic E-state index is 0.574. The smallest absolute Gasteiger partial charge is 0.0666 e. The monoisotopic (exact) mass is 133 g/mol. The molecule has 1 rings (SSSR count). The minimum Gasteiger partial charge on any atom is -0.198 e. The van der Waals surface area contributed by atoms with Crippen molar-refractivity contribution >= 4 is 0 Å². The van der Waals surface area contributed by atoms with Gasteiger partial charge in [-0.25, -0.2) is 0 Å². The molecule has 0 N–H and O–H groups in total. The summed E-state index contributed by atoms with van der Waals surface area (Å²) in [5, 5.41) is 8.42. The summed E-state index contributed by atoms with van der Waals surface area (Å²) in [6.45, 7) is 2.16. The highest BCUT2D eigenvalue weighted by molar-refractivity contribution is 5.22. The molecule has 0 heterocycles. The number of allylic oxidation sites excluding steroid dienone is 4. The third kappa shape index (κ3) is 1.48. The molecule has 0 saturated carbocycles. The average molecular weight is 133 g/mol. The Morgan fingerprint density at radius 1 is 1.80 bits per heavy atom. The molecular formula is C9H11N. The zero-order valence-corrected chi connectivity index (χ0v) is 6.17. The molecule has 1 aliphatic rings. The quantitative estimate of drug-likeness (QED) is 0.539. The second-order valence-corrected chi connectivity index (χ2v) is 2.64. The number of nitrogens with zero attached hydrogens (tertiary/aromatic N) is 1. The van der Waals surface area contributed by atoms with Crippen molar-refractivity contribution in [1.29, 1.82) is 5.26 Å². The van der Waals surface area contributed by atoms with E-state index in [1.165, 1.54) is 5.57 Å². The molecule has 0 aromatic rings. The molecule has 0 spiro atoms. The van der Waals surface area contributed by atoms with Crippen molar-refractivity contribution in [2.45, 2.75) is 19.8 Å². The Balaban J connectivity index is 2.63. The molecule has 0 bridgehead atoms. The van der Waals surface area contributed by atoms with Crippen LogP contribution < -0.4 is 0 Å². The van der Waals surface area contributed by atoms with Crippen molar-refractivity contribution in [1.82, 2.24) is 0 Å². The van der Waals surface area contributed by atoms with Gasteiger partial charge in [-0.15, -0.1) is 0 Å². The number of hydrogen-bond acceptors (Lipinski definition) is 1. The van der Waals surface area contributed by atoms with Gasteiger partial charge in [0.2, 0.25) is 0 Å². The fourth-order valence-corrected chi connectivity index (χ4v) is 1.11. The first-order chi connectivity index (χ1) is 4.84. The molecule has 0 amide bonds. The first-order valence-corrected chi connectivity index (χ1v) is 3.57. The predicted molar refractivity (Wildman–Crippen MR) is 41.2 cm³/mol.